The first-order valence-corrected chi connectivity index (χ1v) is 9.14. The molecule has 0 saturated carbocycles. The first-order chi connectivity index (χ1) is 9.36. The maximum Gasteiger partial charge on any atom is 0.211 e. The van der Waals surface area contributed by atoms with E-state index in [4.69, 9.17) is 0 Å². The van der Waals surface area contributed by atoms with Crippen molar-refractivity contribution in [2.24, 2.45) is 10.9 Å². The van der Waals surface area contributed by atoms with Crippen LogP contribution >= 0.6 is 24.0 Å². The predicted molar refractivity (Wildman–Crippen MR) is 98.8 cm³/mol. The van der Waals surface area contributed by atoms with Crippen LogP contribution in [0.3, 0.4) is 0 Å². The van der Waals surface area contributed by atoms with Crippen LogP contribution in [0.2, 0.25) is 0 Å². The first kappa shape index (κ1) is 20.9. The molecule has 126 valence electrons. The molecule has 1 unspecified atom stereocenters. The summed E-state index contributed by atoms with van der Waals surface area (Å²) in [6.45, 7) is 6.35. The minimum absolute atomic E-state index is 0. The molecule has 8 heteroatoms. The van der Waals surface area contributed by atoms with Gasteiger partial charge in [-0.3, -0.25) is 4.99 Å². The van der Waals surface area contributed by atoms with Crippen molar-refractivity contribution < 1.29 is 8.42 Å². The molecule has 0 aromatic carbocycles. The normalized spacial score (nSPS) is 19.7. The van der Waals surface area contributed by atoms with E-state index in [-0.39, 0.29) is 24.0 Å². The van der Waals surface area contributed by atoms with E-state index < -0.39 is 10.0 Å². The molecule has 1 atom stereocenters. The van der Waals surface area contributed by atoms with Gasteiger partial charge in [0.1, 0.15) is 0 Å². The lowest BCUT2D eigenvalue weighted by molar-refractivity contribution is 0.274. The minimum atomic E-state index is -3.03. The third-order valence-electron chi connectivity index (χ3n) is 3.82. The molecule has 1 heterocycles. The monoisotopic (exact) mass is 432 g/mol. The molecule has 6 nitrogen and oxygen atoms in total. The van der Waals surface area contributed by atoms with Crippen molar-refractivity contribution in [2.45, 2.75) is 39.2 Å². The Balaban J connectivity index is 0.00000400. The lowest BCUT2D eigenvalue weighted by Gasteiger charge is -2.30. The molecule has 0 aromatic rings. The second kappa shape index (κ2) is 9.83. The molecule has 1 rings (SSSR count). The van der Waals surface area contributed by atoms with E-state index >= 15 is 0 Å². The maximum atomic E-state index is 11.4. The molecule has 0 bridgehead atoms. The fraction of sp³-hybridized carbons (Fsp3) is 0.923. The standard InChI is InChI=1S/C13H28N4O2S.HI/c1-5-11(2)16-13(14-3)15-10-12-6-8-17(9-7-12)20(4,18)19;/h11-12H,5-10H2,1-4H3,(H2,14,15,16);1H. The van der Waals surface area contributed by atoms with Gasteiger partial charge in [0, 0.05) is 32.7 Å². The molecule has 1 saturated heterocycles. The van der Waals surface area contributed by atoms with Gasteiger partial charge in [-0.1, -0.05) is 6.92 Å². The van der Waals surface area contributed by atoms with Gasteiger partial charge in [0.05, 0.1) is 6.26 Å². The zero-order chi connectivity index (χ0) is 15.2. The minimum Gasteiger partial charge on any atom is -0.356 e. The second-order valence-corrected chi connectivity index (χ2v) is 7.49. The van der Waals surface area contributed by atoms with E-state index in [1.54, 1.807) is 11.4 Å². The fourth-order valence-corrected chi connectivity index (χ4v) is 3.09. The quantitative estimate of drug-likeness (QED) is 0.390. The number of sulfonamides is 1. The van der Waals surface area contributed by atoms with Crippen molar-refractivity contribution in [3.05, 3.63) is 0 Å². The zero-order valence-electron chi connectivity index (χ0n) is 13.4. The lowest BCUT2D eigenvalue weighted by atomic mass is 9.98. The van der Waals surface area contributed by atoms with Crippen LogP contribution < -0.4 is 10.6 Å². The Morgan fingerprint density at radius 3 is 2.38 bits per heavy atom. The molecule has 0 aromatic heterocycles. The number of hydrogen-bond acceptors (Lipinski definition) is 3. The number of rotatable bonds is 5. The summed E-state index contributed by atoms with van der Waals surface area (Å²) in [6, 6.07) is 0.397. The largest absolute Gasteiger partial charge is 0.356 e. The van der Waals surface area contributed by atoms with E-state index in [0.29, 0.717) is 25.0 Å². The molecule has 1 aliphatic heterocycles. The van der Waals surface area contributed by atoms with Crippen LogP contribution in [0.15, 0.2) is 4.99 Å². The van der Waals surface area contributed by atoms with Crippen LogP contribution in [0.4, 0.5) is 0 Å². The van der Waals surface area contributed by atoms with Crippen LogP contribution in [-0.4, -0.2) is 57.7 Å². The number of piperidine rings is 1. The molecular formula is C13H29IN4O2S. The smallest absolute Gasteiger partial charge is 0.211 e. The number of guanidine groups is 1. The van der Waals surface area contributed by atoms with Gasteiger partial charge in [0.25, 0.3) is 0 Å². The third-order valence-corrected chi connectivity index (χ3v) is 5.12. The van der Waals surface area contributed by atoms with Crippen molar-refractivity contribution in [1.29, 1.82) is 0 Å². The van der Waals surface area contributed by atoms with Gasteiger partial charge >= 0.3 is 0 Å². The van der Waals surface area contributed by atoms with Crippen molar-refractivity contribution in [2.75, 3.05) is 32.9 Å². The summed E-state index contributed by atoms with van der Waals surface area (Å²) in [4.78, 5) is 4.20. The predicted octanol–water partition coefficient (Wildman–Crippen LogP) is 1.24. The molecule has 0 radical (unpaired) electrons. The van der Waals surface area contributed by atoms with Crippen LogP contribution in [-0.2, 0) is 10.0 Å². The Labute approximate surface area is 146 Å². The van der Waals surface area contributed by atoms with Crippen LogP contribution in [0.5, 0.6) is 0 Å². The average molecular weight is 432 g/mol. The Morgan fingerprint density at radius 1 is 1.38 bits per heavy atom. The summed E-state index contributed by atoms with van der Waals surface area (Å²) in [5, 5.41) is 6.65. The van der Waals surface area contributed by atoms with Crippen molar-refractivity contribution in [3.8, 4) is 0 Å². The van der Waals surface area contributed by atoms with E-state index in [1.807, 2.05) is 0 Å². The number of nitrogens with zero attached hydrogens (tertiary/aromatic N) is 2. The van der Waals surface area contributed by atoms with E-state index in [2.05, 4.69) is 29.5 Å². The van der Waals surface area contributed by atoms with Crippen molar-refractivity contribution in [3.63, 3.8) is 0 Å². The highest BCUT2D eigenvalue weighted by atomic mass is 127. The van der Waals surface area contributed by atoms with Crippen LogP contribution in [0.1, 0.15) is 33.1 Å². The van der Waals surface area contributed by atoms with E-state index in [1.165, 1.54) is 6.26 Å². The highest BCUT2D eigenvalue weighted by molar-refractivity contribution is 14.0. The third kappa shape index (κ3) is 7.64. The molecular weight excluding hydrogens is 403 g/mol. The Morgan fingerprint density at radius 2 is 1.95 bits per heavy atom. The SMILES string of the molecule is CCC(C)NC(=NC)NCC1CCN(S(C)(=O)=O)CC1.I. The van der Waals surface area contributed by atoms with Gasteiger partial charge in [-0.15, -0.1) is 24.0 Å². The summed E-state index contributed by atoms with van der Waals surface area (Å²) in [7, 11) is -1.26. The summed E-state index contributed by atoms with van der Waals surface area (Å²) < 4.78 is 24.4. The van der Waals surface area contributed by atoms with E-state index in [9.17, 15) is 8.42 Å². The summed E-state index contributed by atoms with van der Waals surface area (Å²) in [5.41, 5.74) is 0. The van der Waals surface area contributed by atoms with Gasteiger partial charge in [-0.2, -0.15) is 0 Å². The average Bonchev–Trinajstić information content (AvgIpc) is 2.42. The summed E-state index contributed by atoms with van der Waals surface area (Å²) >= 11 is 0. The van der Waals surface area contributed by atoms with Gasteiger partial charge in [-0.25, -0.2) is 12.7 Å². The number of hydrogen-bond donors (Lipinski definition) is 2. The van der Waals surface area contributed by atoms with E-state index in [0.717, 1.165) is 31.8 Å². The first-order valence-electron chi connectivity index (χ1n) is 7.29. The highest BCUT2D eigenvalue weighted by Crippen LogP contribution is 2.18. The van der Waals surface area contributed by atoms with Gasteiger partial charge in [-0.05, 0) is 32.1 Å². The fourth-order valence-electron chi connectivity index (χ4n) is 2.22. The van der Waals surface area contributed by atoms with Crippen LogP contribution in [0, 0.1) is 5.92 Å². The van der Waals surface area contributed by atoms with Crippen molar-refractivity contribution in [1.82, 2.24) is 14.9 Å². The second-order valence-electron chi connectivity index (χ2n) is 5.51. The number of nitrogens with one attached hydrogen (secondary N) is 2. The molecule has 0 amide bonds. The topological polar surface area (TPSA) is 73.8 Å². The lowest BCUT2D eigenvalue weighted by Crippen LogP contribution is -2.45. The Kier molecular flexibility index (Phi) is 9.79. The molecule has 2 N–H and O–H groups in total. The molecule has 0 aliphatic carbocycles. The molecule has 0 spiro atoms. The Hall–Kier alpha value is -0.0900. The molecule has 1 aliphatic rings. The maximum absolute atomic E-state index is 11.4. The van der Waals surface area contributed by atoms with Gasteiger partial charge in [0.2, 0.25) is 10.0 Å². The van der Waals surface area contributed by atoms with Gasteiger partial charge < -0.3 is 10.6 Å². The highest BCUT2D eigenvalue weighted by Gasteiger charge is 2.24. The molecule has 21 heavy (non-hydrogen) atoms. The van der Waals surface area contributed by atoms with Gasteiger partial charge in [0.15, 0.2) is 5.96 Å². The van der Waals surface area contributed by atoms with Crippen molar-refractivity contribution >= 4 is 40.0 Å². The Bertz CT molecular complexity index is 420. The summed E-state index contributed by atoms with van der Waals surface area (Å²) in [5.74, 6) is 1.33. The molecule has 1 fully saturated rings. The zero-order valence-corrected chi connectivity index (χ0v) is 16.6. The number of halogens is 1. The number of aliphatic imine (C=N–C) groups is 1. The summed E-state index contributed by atoms with van der Waals surface area (Å²) in [6.07, 6.45) is 4.14. The van der Waals surface area contributed by atoms with Crippen LogP contribution in [0.25, 0.3) is 0 Å².